The predicted octanol–water partition coefficient (Wildman–Crippen LogP) is 6.86. The first-order valence-electron chi connectivity index (χ1n) is 11.2. The normalized spacial score (nSPS) is 12.9. The summed E-state index contributed by atoms with van der Waals surface area (Å²) >= 11 is 15.1. The number of anilines is 1. The number of para-hydroxylation sites is 1. The third kappa shape index (κ3) is 5.15. The monoisotopic (exact) mass is 561 g/mol. The zero-order valence-corrected chi connectivity index (χ0v) is 22.3. The van der Waals surface area contributed by atoms with Crippen LogP contribution in [0.1, 0.15) is 17.4 Å². The molecule has 36 heavy (non-hydrogen) atoms. The van der Waals surface area contributed by atoms with E-state index in [9.17, 15) is 9.59 Å². The number of hydrogen-bond acceptors (Lipinski definition) is 7. The summed E-state index contributed by atoms with van der Waals surface area (Å²) in [6.07, 6.45) is 0.305. The van der Waals surface area contributed by atoms with E-state index in [1.165, 1.54) is 11.3 Å². The van der Waals surface area contributed by atoms with E-state index in [0.717, 1.165) is 31.2 Å². The number of thiophene rings is 1. The van der Waals surface area contributed by atoms with Crippen LogP contribution in [0, 0.1) is 0 Å². The number of amides is 2. The van der Waals surface area contributed by atoms with Gasteiger partial charge in [0.1, 0.15) is 15.8 Å². The number of halogens is 2. The van der Waals surface area contributed by atoms with Crippen molar-refractivity contribution in [3.8, 4) is 16.3 Å². The van der Waals surface area contributed by atoms with Crippen LogP contribution >= 0.6 is 45.9 Å². The van der Waals surface area contributed by atoms with E-state index in [1.807, 2.05) is 24.3 Å². The number of fused-ring (bicyclic) bond motifs is 2. The maximum atomic E-state index is 12.9. The van der Waals surface area contributed by atoms with Gasteiger partial charge in [0.2, 0.25) is 0 Å². The second-order valence-electron chi connectivity index (χ2n) is 7.98. The first kappa shape index (κ1) is 24.8. The highest BCUT2D eigenvalue weighted by Gasteiger charge is 2.30. The van der Waals surface area contributed by atoms with E-state index >= 15 is 0 Å². The van der Waals surface area contributed by atoms with Crippen LogP contribution in [0.3, 0.4) is 0 Å². The van der Waals surface area contributed by atoms with Gasteiger partial charge in [-0.2, -0.15) is 0 Å². The summed E-state index contributed by atoms with van der Waals surface area (Å²) < 4.78 is 11.9. The molecule has 0 saturated heterocycles. The molecule has 0 fully saturated rings. The molecule has 7 nitrogen and oxygen atoms in total. The molecule has 0 atom stereocenters. The molecular weight excluding hydrogens is 541 g/mol. The Balaban J connectivity index is 1.43. The summed E-state index contributed by atoms with van der Waals surface area (Å²) in [4.78, 5) is 32.7. The Morgan fingerprint density at radius 3 is 2.78 bits per heavy atom. The molecule has 2 amide bonds. The first-order chi connectivity index (χ1) is 17.4. The van der Waals surface area contributed by atoms with Gasteiger partial charge in [0.25, 0.3) is 5.91 Å². The number of thiazole rings is 1. The molecule has 1 aliphatic rings. The molecule has 5 rings (SSSR count). The van der Waals surface area contributed by atoms with Gasteiger partial charge in [0.05, 0.1) is 28.4 Å². The van der Waals surface area contributed by atoms with Gasteiger partial charge in [0, 0.05) is 22.0 Å². The van der Waals surface area contributed by atoms with Crippen molar-refractivity contribution in [3.63, 3.8) is 0 Å². The van der Waals surface area contributed by atoms with Crippen LogP contribution in [0.15, 0.2) is 42.5 Å². The molecule has 0 spiro atoms. The topological polar surface area (TPSA) is 80.8 Å². The van der Waals surface area contributed by atoms with Crippen molar-refractivity contribution in [2.45, 2.75) is 19.9 Å². The highest BCUT2D eigenvalue weighted by molar-refractivity contribution is 7.23. The zero-order chi connectivity index (χ0) is 25.2. The molecule has 0 aliphatic carbocycles. The van der Waals surface area contributed by atoms with Gasteiger partial charge in [-0.3, -0.25) is 4.79 Å². The molecule has 186 valence electrons. The van der Waals surface area contributed by atoms with Crippen molar-refractivity contribution in [2.75, 3.05) is 25.1 Å². The summed E-state index contributed by atoms with van der Waals surface area (Å²) in [7, 11) is 0. The number of carbonyl (C=O) groups is 2. The Morgan fingerprint density at radius 2 is 2.00 bits per heavy atom. The summed E-state index contributed by atoms with van der Waals surface area (Å²) in [6.45, 7) is 2.84. The highest BCUT2D eigenvalue weighted by atomic mass is 35.5. The van der Waals surface area contributed by atoms with Crippen LogP contribution in [0.4, 0.5) is 9.80 Å². The van der Waals surface area contributed by atoms with Crippen molar-refractivity contribution in [2.24, 2.45) is 0 Å². The van der Waals surface area contributed by atoms with Crippen molar-refractivity contribution >= 4 is 73.1 Å². The van der Waals surface area contributed by atoms with Gasteiger partial charge >= 0.3 is 6.09 Å². The minimum Gasteiger partial charge on any atom is -0.482 e. The van der Waals surface area contributed by atoms with Crippen LogP contribution in [-0.4, -0.2) is 41.6 Å². The summed E-state index contributed by atoms with van der Waals surface area (Å²) in [5, 5.41) is 5.32. The van der Waals surface area contributed by atoms with Crippen LogP contribution in [0.2, 0.25) is 10.0 Å². The molecule has 11 heteroatoms. The molecule has 0 radical (unpaired) electrons. The number of aromatic nitrogens is 1. The molecule has 1 aliphatic heterocycles. The highest BCUT2D eigenvalue weighted by Crippen LogP contribution is 2.45. The van der Waals surface area contributed by atoms with Crippen molar-refractivity contribution in [3.05, 3.63) is 63.0 Å². The lowest BCUT2D eigenvalue weighted by atomic mass is 10.0. The molecule has 0 unspecified atom stereocenters. The average molecular weight is 563 g/mol. The minimum absolute atomic E-state index is 0.224. The second-order valence-corrected chi connectivity index (χ2v) is 11.0. The summed E-state index contributed by atoms with van der Waals surface area (Å²) in [5.74, 6) is 0.0439. The first-order valence-corrected chi connectivity index (χ1v) is 13.6. The Hall–Kier alpha value is -2.85. The summed E-state index contributed by atoms with van der Waals surface area (Å²) in [5.41, 5.74) is 2.90. The third-order valence-electron chi connectivity index (χ3n) is 5.60. The lowest BCUT2D eigenvalue weighted by Gasteiger charge is -2.26. The molecule has 1 N–H and O–H groups in total. The average Bonchev–Trinajstić information content (AvgIpc) is 3.43. The number of nitrogens with one attached hydrogen (secondary N) is 1. The molecule has 0 bridgehead atoms. The van der Waals surface area contributed by atoms with Gasteiger partial charge in [0.15, 0.2) is 6.61 Å². The van der Waals surface area contributed by atoms with Gasteiger partial charge in [-0.05, 0) is 49.2 Å². The fourth-order valence-electron chi connectivity index (χ4n) is 3.97. The van der Waals surface area contributed by atoms with Crippen molar-refractivity contribution in [1.29, 1.82) is 0 Å². The Bertz CT molecular complexity index is 1420. The molecule has 2 aromatic heterocycles. The van der Waals surface area contributed by atoms with Gasteiger partial charge in [-0.1, -0.05) is 35.3 Å². The number of carbonyl (C=O) groups excluding carboxylic acids is 2. The Morgan fingerprint density at radius 1 is 1.17 bits per heavy atom. The number of nitrogens with zero attached hydrogens (tertiary/aromatic N) is 2. The lowest BCUT2D eigenvalue weighted by Crippen LogP contribution is -2.35. The smallest absolute Gasteiger partial charge is 0.410 e. The lowest BCUT2D eigenvalue weighted by molar-refractivity contribution is -0.118. The molecular formula is C25H21Cl2N3O4S2. The maximum absolute atomic E-state index is 12.9. The zero-order valence-electron chi connectivity index (χ0n) is 19.2. The molecule has 3 heterocycles. The number of rotatable bonds is 6. The Kier molecular flexibility index (Phi) is 7.34. The van der Waals surface area contributed by atoms with E-state index in [0.29, 0.717) is 46.9 Å². The second kappa shape index (κ2) is 10.6. The fourth-order valence-corrected chi connectivity index (χ4v) is 6.82. The van der Waals surface area contributed by atoms with E-state index in [-0.39, 0.29) is 18.6 Å². The van der Waals surface area contributed by atoms with Gasteiger partial charge in [-0.25, -0.2) is 9.78 Å². The van der Waals surface area contributed by atoms with Crippen molar-refractivity contribution < 1.29 is 19.1 Å². The van der Waals surface area contributed by atoms with E-state index < -0.39 is 0 Å². The number of hydrogen-bond donors (Lipinski definition) is 1. The third-order valence-corrected chi connectivity index (χ3v) is 8.31. The summed E-state index contributed by atoms with van der Waals surface area (Å²) in [6, 6.07) is 12.8. The van der Waals surface area contributed by atoms with Gasteiger partial charge < -0.3 is 19.7 Å². The predicted molar refractivity (Wildman–Crippen MR) is 145 cm³/mol. The SMILES string of the molecule is CCOC(=O)N1CCc2c(sc(NC(=O)COc3ccc(Cl)cc3Cl)c2-c2nc3ccccc3s2)C1. The molecule has 2 aromatic carbocycles. The van der Waals surface area contributed by atoms with Crippen LogP contribution in [0.25, 0.3) is 20.8 Å². The number of benzene rings is 2. The largest absolute Gasteiger partial charge is 0.482 e. The van der Waals surface area contributed by atoms with Crippen molar-refractivity contribution in [1.82, 2.24) is 9.88 Å². The van der Waals surface area contributed by atoms with Crippen LogP contribution in [0.5, 0.6) is 5.75 Å². The molecule has 4 aromatic rings. The standard InChI is InChI=1S/C25H21Cl2N3O4S2/c1-2-33-25(32)30-10-9-15-20(12-30)36-24(22(15)23-28-17-5-3-4-6-19(17)35-23)29-21(31)13-34-18-8-7-14(26)11-16(18)27/h3-8,11H,2,9-10,12-13H2,1H3,(H,29,31). The Labute approximate surface area is 225 Å². The quantitative estimate of drug-likeness (QED) is 0.278. The van der Waals surface area contributed by atoms with Crippen LogP contribution < -0.4 is 10.1 Å². The molecule has 0 saturated carbocycles. The number of ether oxygens (including phenoxy) is 2. The van der Waals surface area contributed by atoms with E-state index in [4.69, 9.17) is 37.7 Å². The van der Waals surface area contributed by atoms with E-state index in [2.05, 4.69) is 5.32 Å². The fraction of sp³-hybridized carbons (Fsp3) is 0.240. The van der Waals surface area contributed by atoms with E-state index in [1.54, 1.807) is 41.4 Å². The van der Waals surface area contributed by atoms with Crippen LogP contribution in [-0.2, 0) is 22.5 Å². The minimum atomic E-state index is -0.336. The van der Waals surface area contributed by atoms with Gasteiger partial charge in [-0.15, -0.1) is 22.7 Å². The maximum Gasteiger partial charge on any atom is 0.410 e.